The van der Waals surface area contributed by atoms with Gasteiger partial charge in [-0.15, -0.1) is 0 Å². The van der Waals surface area contributed by atoms with Gasteiger partial charge in [0.15, 0.2) is 11.5 Å². The minimum absolute atomic E-state index is 0.223. The maximum atomic E-state index is 12.3. The molecule has 0 bridgehead atoms. The van der Waals surface area contributed by atoms with Crippen LogP contribution in [0.4, 0.5) is 0 Å². The minimum Gasteiger partial charge on any atom is -0.493 e. The maximum Gasteiger partial charge on any atom is 0.235 e. The molecule has 0 saturated heterocycles. The van der Waals surface area contributed by atoms with Crippen LogP contribution >= 0.6 is 0 Å². The highest BCUT2D eigenvalue weighted by Gasteiger charge is 2.20. The third-order valence-electron chi connectivity index (χ3n) is 4.22. The van der Waals surface area contributed by atoms with E-state index in [4.69, 9.17) is 9.47 Å². The lowest BCUT2D eigenvalue weighted by atomic mass is 10.1. The van der Waals surface area contributed by atoms with Crippen LogP contribution in [0.3, 0.4) is 0 Å². The lowest BCUT2D eigenvalue weighted by Crippen LogP contribution is -2.41. The smallest absolute Gasteiger partial charge is 0.235 e. The summed E-state index contributed by atoms with van der Waals surface area (Å²) in [5, 5.41) is 2.75. The highest BCUT2D eigenvalue weighted by Crippen LogP contribution is 2.27. The van der Waals surface area contributed by atoms with Crippen molar-refractivity contribution in [2.24, 2.45) is 0 Å². The summed E-state index contributed by atoms with van der Waals surface area (Å²) in [6.45, 7) is 0.279. The standard InChI is InChI=1S/C20H26N2O5S/c1-26-18-10-9-17(13-19(18)27-2)14-21-20(23)15-22(28(3,24)25)12-11-16-7-5-4-6-8-16/h4-10,13H,11-12,14-15H2,1-3H3,(H,21,23). The van der Waals surface area contributed by atoms with Crippen LogP contribution in [0.15, 0.2) is 48.5 Å². The number of carbonyl (C=O) groups excluding carboxylic acids is 1. The lowest BCUT2D eigenvalue weighted by Gasteiger charge is -2.19. The van der Waals surface area contributed by atoms with Gasteiger partial charge in [-0.1, -0.05) is 36.4 Å². The highest BCUT2D eigenvalue weighted by atomic mass is 32.2. The fraction of sp³-hybridized carbons (Fsp3) is 0.350. The molecule has 0 unspecified atom stereocenters. The lowest BCUT2D eigenvalue weighted by molar-refractivity contribution is -0.121. The Morgan fingerprint density at radius 1 is 1.00 bits per heavy atom. The summed E-state index contributed by atoms with van der Waals surface area (Å²) >= 11 is 0. The molecule has 0 heterocycles. The quantitative estimate of drug-likeness (QED) is 0.651. The molecule has 0 atom stereocenters. The van der Waals surface area contributed by atoms with Crippen LogP contribution in [0.25, 0.3) is 0 Å². The van der Waals surface area contributed by atoms with E-state index in [1.807, 2.05) is 36.4 Å². The van der Waals surface area contributed by atoms with E-state index in [2.05, 4.69) is 5.32 Å². The Morgan fingerprint density at radius 2 is 1.68 bits per heavy atom. The van der Waals surface area contributed by atoms with Gasteiger partial charge in [-0.05, 0) is 29.7 Å². The van der Waals surface area contributed by atoms with Crippen LogP contribution in [0.2, 0.25) is 0 Å². The Labute approximate surface area is 166 Å². The first-order valence-electron chi connectivity index (χ1n) is 8.80. The van der Waals surface area contributed by atoms with Crippen molar-refractivity contribution in [3.05, 3.63) is 59.7 Å². The van der Waals surface area contributed by atoms with Gasteiger partial charge in [0.2, 0.25) is 15.9 Å². The van der Waals surface area contributed by atoms with Crippen molar-refractivity contribution in [1.29, 1.82) is 0 Å². The zero-order chi connectivity index (χ0) is 20.6. The van der Waals surface area contributed by atoms with Crippen molar-refractivity contribution in [2.75, 3.05) is 33.6 Å². The topological polar surface area (TPSA) is 84.9 Å². The zero-order valence-electron chi connectivity index (χ0n) is 16.3. The van der Waals surface area contributed by atoms with Crippen molar-refractivity contribution < 1.29 is 22.7 Å². The van der Waals surface area contributed by atoms with Gasteiger partial charge in [0.25, 0.3) is 0 Å². The normalized spacial score (nSPS) is 11.3. The van der Waals surface area contributed by atoms with E-state index in [-0.39, 0.29) is 25.5 Å². The third kappa shape index (κ3) is 6.54. The number of hydrogen-bond donors (Lipinski definition) is 1. The summed E-state index contributed by atoms with van der Waals surface area (Å²) in [5.74, 6) is 0.796. The van der Waals surface area contributed by atoms with Crippen molar-refractivity contribution >= 4 is 15.9 Å². The number of methoxy groups -OCH3 is 2. The maximum absolute atomic E-state index is 12.3. The average molecular weight is 407 g/mol. The summed E-state index contributed by atoms with van der Waals surface area (Å²) in [7, 11) is -0.408. The van der Waals surface area contributed by atoms with E-state index >= 15 is 0 Å². The third-order valence-corrected chi connectivity index (χ3v) is 5.47. The number of sulfonamides is 1. The molecule has 0 saturated carbocycles. The summed E-state index contributed by atoms with van der Waals surface area (Å²) in [6, 6.07) is 14.9. The first-order chi connectivity index (χ1) is 13.3. The first kappa shape index (κ1) is 21.7. The van der Waals surface area contributed by atoms with Crippen LogP contribution in [0.5, 0.6) is 11.5 Å². The monoisotopic (exact) mass is 406 g/mol. The van der Waals surface area contributed by atoms with E-state index in [0.717, 1.165) is 17.4 Å². The molecule has 0 aliphatic heterocycles. The molecule has 0 aromatic heterocycles. The predicted octanol–water partition coefficient (Wildman–Crippen LogP) is 1.82. The molecule has 7 nitrogen and oxygen atoms in total. The van der Waals surface area contributed by atoms with Gasteiger partial charge < -0.3 is 14.8 Å². The Balaban J connectivity index is 1.94. The Bertz CT molecular complexity index is 885. The molecule has 2 rings (SSSR count). The molecule has 2 aromatic rings. The number of ether oxygens (including phenoxy) is 2. The molecule has 2 aromatic carbocycles. The van der Waals surface area contributed by atoms with Crippen LogP contribution in [-0.2, 0) is 27.8 Å². The van der Waals surface area contributed by atoms with Crippen LogP contribution in [0, 0.1) is 0 Å². The predicted molar refractivity (Wildman–Crippen MR) is 108 cm³/mol. The van der Waals surface area contributed by atoms with Gasteiger partial charge in [-0.3, -0.25) is 4.79 Å². The molecular weight excluding hydrogens is 380 g/mol. The highest BCUT2D eigenvalue weighted by molar-refractivity contribution is 7.88. The molecule has 1 N–H and O–H groups in total. The Hall–Kier alpha value is -2.58. The number of benzene rings is 2. The van der Waals surface area contributed by atoms with E-state index in [1.165, 1.54) is 11.4 Å². The zero-order valence-corrected chi connectivity index (χ0v) is 17.2. The summed E-state index contributed by atoms with van der Waals surface area (Å²) in [5.41, 5.74) is 1.84. The van der Waals surface area contributed by atoms with Gasteiger partial charge in [-0.2, -0.15) is 4.31 Å². The molecule has 0 fully saturated rings. The SMILES string of the molecule is COc1ccc(CNC(=O)CN(CCc2ccccc2)S(C)(=O)=O)cc1OC. The van der Waals surface area contributed by atoms with E-state index < -0.39 is 10.0 Å². The molecule has 0 aliphatic rings. The second kappa shape index (κ2) is 10.1. The van der Waals surface area contributed by atoms with Crippen molar-refractivity contribution in [3.63, 3.8) is 0 Å². The fourth-order valence-electron chi connectivity index (χ4n) is 2.67. The summed E-state index contributed by atoms with van der Waals surface area (Å²) in [6.07, 6.45) is 1.65. The van der Waals surface area contributed by atoms with Crippen molar-refractivity contribution in [2.45, 2.75) is 13.0 Å². The average Bonchev–Trinajstić information content (AvgIpc) is 2.69. The molecular formula is C20H26N2O5S. The van der Waals surface area contributed by atoms with Crippen LogP contribution in [-0.4, -0.2) is 52.2 Å². The Morgan fingerprint density at radius 3 is 2.29 bits per heavy atom. The summed E-state index contributed by atoms with van der Waals surface area (Å²) < 4.78 is 35.7. The van der Waals surface area contributed by atoms with Crippen molar-refractivity contribution in [3.8, 4) is 11.5 Å². The van der Waals surface area contributed by atoms with E-state index in [0.29, 0.717) is 17.9 Å². The molecule has 1 amide bonds. The molecule has 0 spiro atoms. The van der Waals surface area contributed by atoms with Crippen LogP contribution < -0.4 is 14.8 Å². The van der Waals surface area contributed by atoms with Gasteiger partial charge in [0.05, 0.1) is 27.0 Å². The fourth-order valence-corrected chi connectivity index (χ4v) is 3.44. The van der Waals surface area contributed by atoms with Crippen LogP contribution in [0.1, 0.15) is 11.1 Å². The largest absolute Gasteiger partial charge is 0.493 e. The molecule has 152 valence electrons. The van der Waals surface area contributed by atoms with E-state index in [9.17, 15) is 13.2 Å². The van der Waals surface area contributed by atoms with Gasteiger partial charge in [-0.25, -0.2) is 8.42 Å². The molecule has 28 heavy (non-hydrogen) atoms. The van der Waals surface area contributed by atoms with E-state index in [1.54, 1.807) is 19.2 Å². The second-order valence-corrected chi connectivity index (χ2v) is 8.28. The summed E-state index contributed by atoms with van der Waals surface area (Å²) in [4.78, 5) is 12.3. The van der Waals surface area contributed by atoms with Gasteiger partial charge in [0, 0.05) is 13.1 Å². The molecule has 8 heteroatoms. The number of nitrogens with zero attached hydrogens (tertiary/aromatic N) is 1. The number of amides is 1. The van der Waals surface area contributed by atoms with Gasteiger partial charge in [0.1, 0.15) is 0 Å². The number of hydrogen-bond acceptors (Lipinski definition) is 5. The number of carbonyl (C=O) groups is 1. The molecule has 0 aliphatic carbocycles. The second-order valence-electron chi connectivity index (χ2n) is 6.30. The number of rotatable bonds is 10. The molecule has 0 radical (unpaired) electrons. The number of nitrogens with one attached hydrogen (secondary N) is 1. The Kier molecular flexibility index (Phi) is 7.83. The minimum atomic E-state index is -3.50. The van der Waals surface area contributed by atoms with Crippen molar-refractivity contribution in [1.82, 2.24) is 9.62 Å². The van der Waals surface area contributed by atoms with Gasteiger partial charge >= 0.3 is 0 Å². The first-order valence-corrected chi connectivity index (χ1v) is 10.6.